The zero-order valence-electron chi connectivity index (χ0n) is 10.0. The second kappa shape index (κ2) is 7.81. The van der Waals surface area contributed by atoms with Crippen molar-refractivity contribution in [1.29, 1.82) is 0 Å². The molecule has 0 bridgehead atoms. The van der Waals surface area contributed by atoms with Crippen LogP contribution in [0.4, 0.5) is 13.2 Å². The van der Waals surface area contributed by atoms with E-state index < -0.39 is 18.8 Å². The molecule has 108 valence electrons. The van der Waals surface area contributed by atoms with E-state index in [4.69, 9.17) is 0 Å². The molecule has 1 heterocycles. The van der Waals surface area contributed by atoms with Gasteiger partial charge in [-0.2, -0.15) is 13.2 Å². The van der Waals surface area contributed by atoms with Crippen LogP contribution in [-0.2, 0) is 9.53 Å². The van der Waals surface area contributed by atoms with E-state index in [-0.39, 0.29) is 31.0 Å². The highest BCUT2D eigenvalue weighted by Crippen LogP contribution is 2.14. The van der Waals surface area contributed by atoms with Gasteiger partial charge in [-0.05, 0) is 26.3 Å². The summed E-state index contributed by atoms with van der Waals surface area (Å²) >= 11 is 0. The van der Waals surface area contributed by atoms with Crippen molar-refractivity contribution in [1.82, 2.24) is 10.6 Å². The molecule has 18 heavy (non-hydrogen) atoms. The Bertz CT molecular complexity index is 258. The van der Waals surface area contributed by atoms with Crippen LogP contribution in [0.2, 0.25) is 0 Å². The van der Waals surface area contributed by atoms with Gasteiger partial charge in [0.05, 0.1) is 12.6 Å². The Morgan fingerprint density at radius 2 is 2.22 bits per heavy atom. The minimum atomic E-state index is -4.32. The molecule has 0 aliphatic carbocycles. The summed E-state index contributed by atoms with van der Waals surface area (Å²) < 4.78 is 39.8. The number of alkyl halides is 3. The first-order valence-corrected chi connectivity index (χ1v) is 5.57. The van der Waals surface area contributed by atoms with E-state index in [0.29, 0.717) is 0 Å². The predicted octanol–water partition coefficient (Wildman–Crippen LogP) is 1.24. The fourth-order valence-electron chi connectivity index (χ4n) is 1.64. The number of hydrogen-bond donors (Lipinski definition) is 2. The summed E-state index contributed by atoms with van der Waals surface area (Å²) in [5.41, 5.74) is 0. The van der Waals surface area contributed by atoms with Gasteiger partial charge >= 0.3 is 6.18 Å². The lowest BCUT2D eigenvalue weighted by molar-refractivity contribution is -0.175. The fourth-order valence-corrected chi connectivity index (χ4v) is 1.64. The van der Waals surface area contributed by atoms with Gasteiger partial charge in [0.2, 0.25) is 5.91 Å². The van der Waals surface area contributed by atoms with Crippen LogP contribution < -0.4 is 10.6 Å². The highest BCUT2D eigenvalue weighted by Gasteiger charge is 2.28. The first-order valence-electron chi connectivity index (χ1n) is 5.57. The molecule has 0 spiro atoms. The van der Waals surface area contributed by atoms with Crippen LogP contribution in [0.25, 0.3) is 0 Å². The van der Waals surface area contributed by atoms with Crippen molar-refractivity contribution in [2.24, 2.45) is 0 Å². The summed E-state index contributed by atoms with van der Waals surface area (Å²) in [4.78, 5) is 11.6. The Labute approximate surface area is 110 Å². The van der Waals surface area contributed by atoms with Crippen LogP contribution in [0, 0.1) is 0 Å². The van der Waals surface area contributed by atoms with Gasteiger partial charge in [0.1, 0.15) is 6.61 Å². The minimum Gasteiger partial charge on any atom is -0.370 e. The number of amides is 1. The first-order chi connectivity index (χ1) is 7.88. The van der Waals surface area contributed by atoms with Gasteiger partial charge in [-0.1, -0.05) is 0 Å². The monoisotopic (exact) mass is 290 g/mol. The third kappa shape index (κ3) is 7.03. The molecular formula is C10H18ClF3N2O2. The zero-order valence-corrected chi connectivity index (χ0v) is 10.9. The number of ether oxygens (including phenoxy) is 1. The SMILES string of the molecule is CC(COCC(F)(F)F)NC(=O)C1CCCN1.Cl. The second-order valence-corrected chi connectivity index (χ2v) is 4.19. The summed E-state index contributed by atoms with van der Waals surface area (Å²) in [7, 11) is 0. The molecule has 1 rings (SSSR count). The molecule has 1 aliphatic rings. The number of carbonyl (C=O) groups excluding carboxylic acids is 1. The lowest BCUT2D eigenvalue weighted by atomic mass is 10.2. The van der Waals surface area contributed by atoms with Crippen molar-refractivity contribution in [2.45, 2.75) is 38.0 Å². The van der Waals surface area contributed by atoms with Crippen molar-refractivity contribution < 1.29 is 22.7 Å². The second-order valence-electron chi connectivity index (χ2n) is 4.19. The molecule has 4 nitrogen and oxygen atoms in total. The van der Waals surface area contributed by atoms with Crippen molar-refractivity contribution in [2.75, 3.05) is 19.8 Å². The average molecular weight is 291 g/mol. The largest absolute Gasteiger partial charge is 0.411 e. The van der Waals surface area contributed by atoms with Gasteiger partial charge in [0.25, 0.3) is 0 Å². The first kappa shape index (κ1) is 17.5. The molecule has 0 radical (unpaired) electrons. The molecule has 0 aromatic rings. The summed E-state index contributed by atoms with van der Waals surface area (Å²) in [5, 5.41) is 5.62. The molecule has 2 atom stereocenters. The summed E-state index contributed by atoms with van der Waals surface area (Å²) in [6.07, 6.45) is -2.62. The lowest BCUT2D eigenvalue weighted by Gasteiger charge is -2.17. The van der Waals surface area contributed by atoms with Crippen molar-refractivity contribution in [3.05, 3.63) is 0 Å². The molecule has 2 N–H and O–H groups in total. The molecule has 1 saturated heterocycles. The standard InChI is InChI=1S/C10H17F3N2O2.ClH/c1-7(5-17-6-10(11,12)13)15-9(16)8-3-2-4-14-8;/h7-8,14H,2-6H2,1H3,(H,15,16);1H. The van der Waals surface area contributed by atoms with E-state index >= 15 is 0 Å². The minimum absolute atomic E-state index is 0. The Hall–Kier alpha value is -0.530. The number of halogens is 4. The van der Waals surface area contributed by atoms with Crippen LogP contribution in [0.5, 0.6) is 0 Å². The number of rotatable bonds is 5. The van der Waals surface area contributed by atoms with Gasteiger partial charge in [-0.3, -0.25) is 4.79 Å². The number of carbonyl (C=O) groups is 1. The Balaban J connectivity index is 0.00000289. The van der Waals surface area contributed by atoms with Gasteiger partial charge in [0.15, 0.2) is 0 Å². The predicted molar refractivity (Wildman–Crippen MR) is 62.8 cm³/mol. The van der Waals surface area contributed by atoms with E-state index in [0.717, 1.165) is 19.4 Å². The summed E-state index contributed by atoms with van der Waals surface area (Å²) in [6, 6.07) is -0.646. The Morgan fingerprint density at radius 1 is 1.56 bits per heavy atom. The van der Waals surface area contributed by atoms with Gasteiger partial charge in [0, 0.05) is 6.04 Å². The summed E-state index contributed by atoms with van der Waals surface area (Å²) in [5.74, 6) is -0.175. The van der Waals surface area contributed by atoms with E-state index in [1.54, 1.807) is 6.92 Å². The van der Waals surface area contributed by atoms with E-state index in [1.807, 2.05) is 0 Å². The summed E-state index contributed by atoms with van der Waals surface area (Å²) in [6.45, 7) is 0.993. The Kier molecular flexibility index (Phi) is 7.58. The molecule has 0 aromatic heterocycles. The number of hydrogen-bond acceptors (Lipinski definition) is 3. The molecular weight excluding hydrogens is 273 g/mol. The van der Waals surface area contributed by atoms with Crippen molar-refractivity contribution >= 4 is 18.3 Å². The molecule has 1 amide bonds. The third-order valence-electron chi connectivity index (χ3n) is 2.40. The fraction of sp³-hybridized carbons (Fsp3) is 0.900. The van der Waals surface area contributed by atoms with Crippen molar-refractivity contribution in [3.63, 3.8) is 0 Å². The molecule has 1 fully saturated rings. The van der Waals surface area contributed by atoms with E-state index in [9.17, 15) is 18.0 Å². The van der Waals surface area contributed by atoms with E-state index in [1.165, 1.54) is 0 Å². The maximum absolute atomic E-state index is 11.8. The lowest BCUT2D eigenvalue weighted by Crippen LogP contribution is -2.45. The molecule has 2 unspecified atom stereocenters. The smallest absolute Gasteiger partial charge is 0.370 e. The third-order valence-corrected chi connectivity index (χ3v) is 2.40. The normalized spacial score (nSPS) is 21.2. The molecule has 0 aromatic carbocycles. The zero-order chi connectivity index (χ0) is 12.9. The van der Waals surface area contributed by atoms with Crippen LogP contribution in [0.1, 0.15) is 19.8 Å². The molecule has 8 heteroatoms. The topological polar surface area (TPSA) is 50.4 Å². The quantitative estimate of drug-likeness (QED) is 0.801. The van der Waals surface area contributed by atoms with Crippen LogP contribution in [0.15, 0.2) is 0 Å². The highest BCUT2D eigenvalue weighted by atomic mass is 35.5. The van der Waals surface area contributed by atoms with Crippen LogP contribution >= 0.6 is 12.4 Å². The maximum Gasteiger partial charge on any atom is 0.411 e. The Morgan fingerprint density at radius 3 is 2.72 bits per heavy atom. The van der Waals surface area contributed by atoms with Crippen LogP contribution in [-0.4, -0.2) is 43.9 Å². The van der Waals surface area contributed by atoms with Gasteiger partial charge in [-0.25, -0.2) is 0 Å². The molecule has 1 aliphatic heterocycles. The van der Waals surface area contributed by atoms with Crippen LogP contribution in [0.3, 0.4) is 0 Å². The van der Waals surface area contributed by atoms with E-state index in [2.05, 4.69) is 15.4 Å². The van der Waals surface area contributed by atoms with Gasteiger partial charge < -0.3 is 15.4 Å². The average Bonchev–Trinajstić information content (AvgIpc) is 2.67. The maximum atomic E-state index is 11.8. The molecule has 0 saturated carbocycles. The number of nitrogens with one attached hydrogen (secondary N) is 2. The van der Waals surface area contributed by atoms with Gasteiger partial charge in [-0.15, -0.1) is 12.4 Å². The highest BCUT2D eigenvalue weighted by molar-refractivity contribution is 5.85. The van der Waals surface area contributed by atoms with Crippen molar-refractivity contribution in [3.8, 4) is 0 Å².